The minimum atomic E-state index is -0.959. The number of aryl methyl sites for hydroxylation is 1. The van der Waals surface area contributed by atoms with Crippen molar-refractivity contribution >= 4 is 12.1 Å². The monoisotopic (exact) mass is 412 g/mol. The lowest BCUT2D eigenvalue weighted by Gasteiger charge is -2.43. The van der Waals surface area contributed by atoms with Crippen LogP contribution in [0, 0.1) is 30.6 Å². The van der Waals surface area contributed by atoms with Gasteiger partial charge in [-0.3, -0.25) is 4.79 Å². The predicted molar refractivity (Wildman–Crippen MR) is 115 cm³/mol. The molecular weight excluding hydrogens is 380 g/mol. The smallest absolute Gasteiger partial charge is 0.409 e. The lowest BCUT2D eigenvalue weighted by Crippen LogP contribution is -2.53. The quantitative estimate of drug-likeness (QED) is 0.609. The van der Waals surface area contributed by atoms with Crippen molar-refractivity contribution in [3.8, 4) is 11.8 Å². The molecule has 0 bridgehead atoms. The van der Waals surface area contributed by atoms with Gasteiger partial charge in [-0.05, 0) is 62.1 Å². The summed E-state index contributed by atoms with van der Waals surface area (Å²) in [5, 5.41) is 0. The third-order valence-electron chi connectivity index (χ3n) is 6.31. The van der Waals surface area contributed by atoms with Gasteiger partial charge in [-0.15, -0.1) is 0 Å². The maximum Gasteiger partial charge on any atom is 0.409 e. The van der Waals surface area contributed by atoms with Crippen LogP contribution < -0.4 is 5.73 Å². The molecule has 2 N–H and O–H groups in total. The van der Waals surface area contributed by atoms with Gasteiger partial charge in [0, 0.05) is 24.1 Å². The molecule has 1 heterocycles. The van der Waals surface area contributed by atoms with E-state index in [2.05, 4.69) is 11.8 Å². The molecule has 1 unspecified atom stereocenters. The Balaban J connectivity index is 1.97. The maximum absolute atomic E-state index is 12.9. The van der Waals surface area contributed by atoms with Gasteiger partial charge >= 0.3 is 12.1 Å². The second-order valence-corrected chi connectivity index (χ2v) is 8.72. The number of fused-ring (bicyclic) bond motifs is 1. The number of esters is 1. The third-order valence-corrected chi connectivity index (χ3v) is 6.31. The Labute approximate surface area is 179 Å². The SMILES string of the molecule is COC(=O)N1CC[C@@H]2[C@H]1CCC[C@]2(C#Cc1cccc(C)c1)OC(=O)C(N)C(C)C. The number of hydrogen-bond acceptors (Lipinski definition) is 5. The van der Waals surface area contributed by atoms with E-state index in [1.165, 1.54) is 7.11 Å². The first-order valence-corrected chi connectivity index (χ1v) is 10.7. The van der Waals surface area contributed by atoms with Crippen LogP contribution in [0.2, 0.25) is 0 Å². The molecule has 1 saturated carbocycles. The number of ether oxygens (including phenoxy) is 2. The Morgan fingerprint density at radius 3 is 2.73 bits per heavy atom. The van der Waals surface area contributed by atoms with Crippen molar-refractivity contribution in [2.24, 2.45) is 17.6 Å². The van der Waals surface area contributed by atoms with E-state index in [1.54, 1.807) is 4.90 Å². The lowest BCUT2D eigenvalue weighted by molar-refractivity contribution is -0.165. The Bertz CT molecular complexity index is 856. The van der Waals surface area contributed by atoms with Gasteiger partial charge < -0.3 is 20.1 Å². The van der Waals surface area contributed by atoms with Crippen LogP contribution in [-0.2, 0) is 14.3 Å². The summed E-state index contributed by atoms with van der Waals surface area (Å²) in [6.45, 7) is 6.39. The Kier molecular flexibility index (Phi) is 6.72. The van der Waals surface area contributed by atoms with Gasteiger partial charge in [-0.2, -0.15) is 0 Å². The number of likely N-dealkylation sites (tertiary alicyclic amines) is 1. The van der Waals surface area contributed by atoms with Crippen molar-refractivity contribution in [3.05, 3.63) is 35.4 Å². The summed E-state index contributed by atoms with van der Waals surface area (Å²) in [6.07, 6.45) is 2.67. The molecule has 3 rings (SSSR count). The molecule has 4 atom stereocenters. The number of carbonyl (C=O) groups is 2. The number of rotatable bonds is 3. The molecule has 0 spiro atoms. The summed E-state index contributed by atoms with van der Waals surface area (Å²) in [7, 11) is 1.39. The molecular formula is C24H32N2O4. The maximum atomic E-state index is 12.9. The van der Waals surface area contributed by atoms with Gasteiger partial charge in [-0.1, -0.05) is 31.9 Å². The van der Waals surface area contributed by atoms with Gasteiger partial charge in [0.1, 0.15) is 6.04 Å². The van der Waals surface area contributed by atoms with Crippen molar-refractivity contribution in [3.63, 3.8) is 0 Å². The summed E-state index contributed by atoms with van der Waals surface area (Å²) < 4.78 is 11.1. The molecule has 162 valence electrons. The van der Waals surface area contributed by atoms with E-state index in [9.17, 15) is 9.59 Å². The second-order valence-electron chi connectivity index (χ2n) is 8.72. The number of nitrogens with two attached hydrogens (primary N) is 1. The van der Waals surface area contributed by atoms with Crippen LogP contribution in [0.1, 0.15) is 50.7 Å². The highest BCUT2D eigenvalue weighted by Gasteiger charge is 2.54. The molecule has 2 aliphatic rings. The van der Waals surface area contributed by atoms with E-state index in [0.717, 1.165) is 24.0 Å². The van der Waals surface area contributed by atoms with E-state index < -0.39 is 17.6 Å². The average Bonchev–Trinajstić information content (AvgIpc) is 3.17. The number of amides is 1. The standard InChI is InChI=1S/C24H32N2O4/c1-16(2)21(25)22(27)30-24(13-10-18-8-5-7-17(3)15-18)12-6-9-20-19(24)11-14-26(20)23(28)29-4/h5,7-8,15-16,19-21H,6,9,11-12,14,25H2,1-4H3/t19-,20-,21?,24-/m1/s1. The number of benzene rings is 1. The molecule has 1 aromatic carbocycles. The van der Waals surface area contributed by atoms with Crippen LogP contribution in [-0.4, -0.2) is 48.3 Å². The van der Waals surface area contributed by atoms with Crippen molar-refractivity contribution in [2.45, 2.75) is 64.1 Å². The van der Waals surface area contributed by atoms with Crippen molar-refractivity contribution in [2.75, 3.05) is 13.7 Å². The Morgan fingerprint density at radius 2 is 2.07 bits per heavy atom. The minimum absolute atomic E-state index is 0.0335. The van der Waals surface area contributed by atoms with Crippen LogP contribution in [0.4, 0.5) is 4.79 Å². The number of nitrogens with zero attached hydrogens (tertiary/aromatic N) is 1. The normalized spacial score (nSPS) is 26.4. The first kappa shape index (κ1) is 22.2. The van der Waals surface area contributed by atoms with Crippen molar-refractivity contribution in [1.29, 1.82) is 0 Å². The van der Waals surface area contributed by atoms with Gasteiger partial charge in [0.05, 0.1) is 7.11 Å². The zero-order chi connectivity index (χ0) is 21.9. The third kappa shape index (κ3) is 4.46. The van der Waals surface area contributed by atoms with Crippen LogP contribution >= 0.6 is 0 Å². The molecule has 30 heavy (non-hydrogen) atoms. The van der Waals surface area contributed by atoms with E-state index in [-0.39, 0.29) is 24.0 Å². The Hall–Kier alpha value is -2.52. The Morgan fingerprint density at radius 1 is 1.30 bits per heavy atom. The largest absolute Gasteiger partial charge is 0.453 e. The lowest BCUT2D eigenvalue weighted by atomic mass is 9.72. The minimum Gasteiger partial charge on any atom is -0.453 e. The highest BCUT2D eigenvalue weighted by Crippen LogP contribution is 2.45. The molecule has 0 radical (unpaired) electrons. The highest BCUT2D eigenvalue weighted by molar-refractivity contribution is 5.77. The van der Waals surface area contributed by atoms with Gasteiger partial charge in [0.15, 0.2) is 5.60 Å². The average molecular weight is 413 g/mol. The zero-order valence-electron chi connectivity index (χ0n) is 18.3. The fourth-order valence-electron chi connectivity index (χ4n) is 4.59. The molecule has 1 aliphatic heterocycles. The van der Waals surface area contributed by atoms with E-state index in [4.69, 9.17) is 15.2 Å². The zero-order valence-corrected chi connectivity index (χ0v) is 18.3. The summed E-state index contributed by atoms with van der Waals surface area (Å²) in [5.74, 6) is 6.04. The molecule has 1 aliphatic carbocycles. The second kappa shape index (κ2) is 9.09. The molecule has 1 amide bonds. The molecule has 0 aromatic heterocycles. The van der Waals surface area contributed by atoms with Gasteiger partial charge in [-0.25, -0.2) is 4.79 Å². The number of carbonyl (C=O) groups excluding carboxylic acids is 2. The van der Waals surface area contributed by atoms with Gasteiger partial charge in [0.25, 0.3) is 0 Å². The molecule has 6 heteroatoms. The number of hydrogen-bond donors (Lipinski definition) is 1. The van der Waals surface area contributed by atoms with E-state index in [0.29, 0.717) is 19.4 Å². The van der Waals surface area contributed by atoms with Crippen LogP contribution in [0.15, 0.2) is 24.3 Å². The van der Waals surface area contributed by atoms with Crippen LogP contribution in [0.3, 0.4) is 0 Å². The topological polar surface area (TPSA) is 81.9 Å². The fourth-order valence-corrected chi connectivity index (χ4v) is 4.59. The fraction of sp³-hybridized carbons (Fsp3) is 0.583. The van der Waals surface area contributed by atoms with Crippen LogP contribution in [0.5, 0.6) is 0 Å². The van der Waals surface area contributed by atoms with E-state index in [1.807, 2.05) is 45.0 Å². The summed E-state index contributed by atoms with van der Waals surface area (Å²) in [4.78, 5) is 26.9. The first-order valence-electron chi connectivity index (χ1n) is 10.7. The van der Waals surface area contributed by atoms with Crippen LogP contribution in [0.25, 0.3) is 0 Å². The van der Waals surface area contributed by atoms with Crippen molar-refractivity contribution in [1.82, 2.24) is 4.90 Å². The number of methoxy groups -OCH3 is 1. The van der Waals surface area contributed by atoms with Crippen molar-refractivity contribution < 1.29 is 19.1 Å². The molecule has 2 fully saturated rings. The first-order chi connectivity index (χ1) is 14.3. The summed E-state index contributed by atoms with van der Waals surface area (Å²) >= 11 is 0. The molecule has 1 saturated heterocycles. The van der Waals surface area contributed by atoms with E-state index >= 15 is 0 Å². The summed E-state index contributed by atoms with van der Waals surface area (Å²) in [6, 6.07) is 7.18. The predicted octanol–water partition coefficient (Wildman–Crippen LogP) is 3.25. The van der Waals surface area contributed by atoms with Gasteiger partial charge in [0.2, 0.25) is 0 Å². The molecule has 6 nitrogen and oxygen atoms in total. The molecule has 1 aromatic rings. The highest BCUT2D eigenvalue weighted by atomic mass is 16.6. The summed E-state index contributed by atoms with van der Waals surface area (Å²) in [5.41, 5.74) is 7.13.